The van der Waals surface area contributed by atoms with Crippen LogP contribution in [0.25, 0.3) is 0 Å². The Bertz CT molecular complexity index is 264. The minimum Gasteiger partial charge on any atom is -0.0894 e. The van der Waals surface area contributed by atoms with Crippen LogP contribution in [0.5, 0.6) is 0 Å². The third-order valence-corrected chi connectivity index (χ3v) is 3.13. The summed E-state index contributed by atoms with van der Waals surface area (Å²) in [5.41, 5.74) is 1.42. The summed E-state index contributed by atoms with van der Waals surface area (Å²) in [6, 6.07) is 8.61. The maximum atomic E-state index is 3.59. The quantitative estimate of drug-likeness (QED) is 0.699. The Hall–Kier alpha value is 0.180. The van der Waals surface area contributed by atoms with E-state index in [1.807, 2.05) is 0 Å². The third kappa shape index (κ3) is 4.61. The maximum Gasteiger partial charge on any atom is 0.0175 e. The molecule has 0 N–H and O–H groups in total. The van der Waals surface area contributed by atoms with Crippen molar-refractivity contribution < 1.29 is 0 Å². The molecule has 0 amide bonds. The second-order valence-corrected chi connectivity index (χ2v) is 6.43. The molecule has 0 aromatic heterocycles. The summed E-state index contributed by atoms with van der Waals surface area (Å²) in [4.78, 5) is 0.618. The summed E-state index contributed by atoms with van der Waals surface area (Å²) in [6.07, 6.45) is 2.40. The predicted molar refractivity (Wildman–Crippen MR) is 70.0 cm³/mol. The van der Waals surface area contributed by atoms with Crippen LogP contribution in [-0.4, -0.2) is 4.83 Å². The zero-order chi connectivity index (χ0) is 10.6. The van der Waals surface area contributed by atoms with E-state index in [0.717, 1.165) is 10.4 Å². The van der Waals surface area contributed by atoms with Crippen molar-refractivity contribution >= 4 is 31.9 Å². The molecule has 0 saturated heterocycles. The summed E-state index contributed by atoms with van der Waals surface area (Å²) in [5, 5.41) is 0. The van der Waals surface area contributed by atoms with Gasteiger partial charge in [0, 0.05) is 9.30 Å². The van der Waals surface area contributed by atoms with Gasteiger partial charge >= 0.3 is 0 Å². The molecular weight excluding hydrogens is 304 g/mol. The van der Waals surface area contributed by atoms with Crippen LogP contribution < -0.4 is 0 Å². The fraction of sp³-hybridized carbons (Fsp3) is 0.500. The van der Waals surface area contributed by atoms with E-state index in [-0.39, 0.29) is 0 Å². The van der Waals surface area contributed by atoms with E-state index in [1.54, 1.807) is 0 Å². The molecule has 2 unspecified atom stereocenters. The highest BCUT2D eigenvalue weighted by Gasteiger charge is 2.06. The van der Waals surface area contributed by atoms with Crippen LogP contribution in [0.2, 0.25) is 0 Å². The average Bonchev–Trinajstić information content (AvgIpc) is 2.07. The number of halogens is 2. The van der Waals surface area contributed by atoms with E-state index in [4.69, 9.17) is 0 Å². The molecule has 1 aromatic carbocycles. The van der Waals surface area contributed by atoms with Crippen molar-refractivity contribution in [3.8, 4) is 0 Å². The van der Waals surface area contributed by atoms with Gasteiger partial charge in [0.05, 0.1) is 0 Å². The first kappa shape index (κ1) is 12.3. The molecule has 0 aliphatic rings. The minimum atomic E-state index is 0.618. The molecule has 0 spiro atoms. The monoisotopic (exact) mass is 318 g/mol. The summed E-state index contributed by atoms with van der Waals surface area (Å²) in [6.45, 7) is 4.51. The highest BCUT2D eigenvalue weighted by molar-refractivity contribution is 9.10. The Labute approximate surface area is 103 Å². The lowest BCUT2D eigenvalue weighted by Crippen LogP contribution is -2.04. The molecule has 0 radical (unpaired) electrons. The van der Waals surface area contributed by atoms with Gasteiger partial charge in [0.15, 0.2) is 0 Å². The van der Waals surface area contributed by atoms with Crippen molar-refractivity contribution in [2.75, 3.05) is 0 Å². The molecule has 2 atom stereocenters. The van der Waals surface area contributed by atoms with E-state index >= 15 is 0 Å². The van der Waals surface area contributed by atoms with Gasteiger partial charge in [-0.3, -0.25) is 0 Å². The van der Waals surface area contributed by atoms with E-state index < -0.39 is 0 Å². The van der Waals surface area contributed by atoms with Gasteiger partial charge in [-0.05, 0) is 36.5 Å². The molecule has 1 rings (SSSR count). The summed E-state index contributed by atoms with van der Waals surface area (Å²) < 4.78 is 1.16. The van der Waals surface area contributed by atoms with E-state index in [0.29, 0.717) is 4.83 Å². The zero-order valence-corrected chi connectivity index (χ0v) is 11.8. The summed E-state index contributed by atoms with van der Waals surface area (Å²) >= 11 is 7.04. The zero-order valence-electron chi connectivity index (χ0n) is 8.63. The second-order valence-electron chi connectivity index (χ2n) is 3.95. The SMILES string of the molecule is CC(Br)CC(C)Cc1ccc(Br)cc1. The molecule has 0 bridgehead atoms. The Balaban J connectivity index is 2.47. The molecule has 0 aliphatic heterocycles. The van der Waals surface area contributed by atoms with Gasteiger partial charge in [-0.15, -0.1) is 0 Å². The van der Waals surface area contributed by atoms with Gasteiger partial charge in [0.2, 0.25) is 0 Å². The summed E-state index contributed by atoms with van der Waals surface area (Å²) in [5.74, 6) is 0.741. The van der Waals surface area contributed by atoms with Crippen LogP contribution in [0.1, 0.15) is 25.8 Å². The Morgan fingerprint density at radius 1 is 1.14 bits per heavy atom. The lowest BCUT2D eigenvalue weighted by atomic mass is 9.97. The number of hydrogen-bond acceptors (Lipinski definition) is 0. The van der Waals surface area contributed by atoms with Crippen LogP contribution >= 0.6 is 31.9 Å². The molecule has 14 heavy (non-hydrogen) atoms. The molecule has 0 nitrogen and oxygen atoms in total. The van der Waals surface area contributed by atoms with E-state index in [9.17, 15) is 0 Å². The number of hydrogen-bond donors (Lipinski definition) is 0. The Morgan fingerprint density at radius 2 is 1.71 bits per heavy atom. The largest absolute Gasteiger partial charge is 0.0894 e. The lowest BCUT2D eigenvalue weighted by molar-refractivity contribution is 0.533. The maximum absolute atomic E-state index is 3.59. The predicted octanol–water partition coefficient (Wildman–Crippen LogP) is 4.80. The smallest absolute Gasteiger partial charge is 0.0175 e. The van der Waals surface area contributed by atoms with Crippen molar-refractivity contribution in [3.63, 3.8) is 0 Å². The molecule has 1 aromatic rings. The first-order valence-corrected chi connectivity index (χ1v) is 6.67. The van der Waals surface area contributed by atoms with Crippen molar-refractivity contribution in [1.82, 2.24) is 0 Å². The fourth-order valence-corrected chi connectivity index (χ4v) is 2.56. The number of rotatable bonds is 4. The van der Waals surface area contributed by atoms with E-state index in [2.05, 4.69) is 70.0 Å². The molecule has 0 aliphatic carbocycles. The Kier molecular flexibility index (Phi) is 5.18. The number of benzene rings is 1. The molecule has 0 fully saturated rings. The molecule has 78 valence electrons. The van der Waals surface area contributed by atoms with Crippen LogP contribution in [0.4, 0.5) is 0 Å². The van der Waals surface area contributed by atoms with Crippen LogP contribution in [0.3, 0.4) is 0 Å². The van der Waals surface area contributed by atoms with E-state index in [1.165, 1.54) is 18.4 Å². The van der Waals surface area contributed by atoms with Gasteiger partial charge in [-0.2, -0.15) is 0 Å². The third-order valence-electron chi connectivity index (χ3n) is 2.22. The molecule has 0 saturated carbocycles. The molecular formula is C12H16Br2. The van der Waals surface area contributed by atoms with Gasteiger partial charge in [-0.25, -0.2) is 0 Å². The average molecular weight is 320 g/mol. The van der Waals surface area contributed by atoms with Gasteiger partial charge in [0.25, 0.3) is 0 Å². The normalized spacial score (nSPS) is 15.1. The van der Waals surface area contributed by atoms with Crippen LogP contribution in [0, 0.1) is 5.92 Å². The second kappa shape index (κ2) is 5.92. The van der Waals surface area contributed by atoms with Gasteiger partial charge in [0.1, 0.15) is 0 Å². The van der Waals surface area contributed by atoms with Gasteiger partial charge in [-0.1, -0.05) is 57.8 Å². The first-order chi connectivity index (χ1) is 6.58. The van der Waals surface area contributed by atoms with Crippen molar-refractivity contribution in [1.29, 1.82) is 0 Å². The first-order valence-electron chi connectivity index (χ1n) is 4.96. The van der Waals surface area contributed by atoms with Gasteiger partial charge < -0.3 is 0 Å². The highest BCUT2D eigenvalue weighted by Crippen LogP contribution is 2.18. The summed E-state index contributed by atoms with van der Waals surface area (Å²) in [7, 11) is 0. The van der Waals surface area contributed by atoms with Crippen LogP contribution in [-0.2, 0) is 6.42 Å². The Morgan fingerprint density at radius 3 is 2.21 bits per heavy atom. The van der Waals surface area contributed by atoms with Crippen LogP contribution in [0.15, 0.2) is 28.7 Å². The van der Waals surface area contributed by atoms with Crippen molar-refractivity contribution in [2.45, 2.75) is 31.5 Å². The topological polar surface area (TPSA) is 0 Å². The lowest BCUT2D eigenvalue weighted by Gasteiger charge is -2.12. The fourth-order valence-electron chi connectivity index (χ4n) is 1.66. The van der Waals surface area contributed by atoms with Crippen molar-refractivity contribution in [2.24, 2.45) is 5.92 Å². The molecule has 0 heterocycles. The van der Waals surface area contributed by atoms with Crippen molar-refractivity contribution in [3.05, 3.63) is 34.3 Å². The molecule has 2 heteroatoms. The standard InChI is InChI=1S/C12H16Br2/c1-9(7-10(2)13)8-11-3-5-12(14)6-4-11/h3-6,9-10H,7-8H2,1-2H3. The highest BCUT2D eigenvalue weighted by atomic mass is 79.9. The minimum absolute atomic E-state index is 0.618. The number of alkyl halides is 1.